The summed E-state index contributed by atoms with van der Waals surface area (Å²) in [7, 11) is -3.80. The fraction of sp³-hybridized carbons (Fsp3) is 0.316. The van der Waals surface area contributed by atoms with Gasteiger partial charge in [-0.1, -0.05) is 6.07 Å². The van der Waals surface area contributed by atoms with Gasteiger partial charge >= 0.3 is 0 Å². The van der Waals surface area contributed by atoms with Crippen molar-refractivity contribution in [1.82, 2.24) is 0 Å². The molecule has 1 N–H and O–H groups in total. The first kappa shape index (κ1) is 18.9. The molecule has 1 aliphatic rings. The molecule has 0 aliphatic carbocycles. The summed E-state index contributed by atoms with van der Waals surface area (Å²) in [6.07, 6.45) is 0.707. The molecule has 0 saturated carbocycles. The smallest absolute Gasteiger partial charge is 0.263 e. The second-order valence-electron chi connectivity index (χ2n) is 6.76. The van der Waals surface area contributed by atoms with Crippen molar-refractivity contribution in [2.24, 2.45) is 0 Å². The minimum Gasteiger partial charge on any atom is -0.309 e. The number of aryl methyl sites for hydroxylation is 2. The maximum Gasteiger partial charge on any atom is 0.263 e. The molecule has 0 saturated heterocycles. The van der Waals surface area contributed by atoms with Crippen molar-refractivity contribution < 1.29 is 13.2 Å². The second kappa shape index (κ2) is 6.70. The van der Waals surface area contributed by atoms with Gasteiger partial charge in [0.1, 0.15) is 4.90 Å². The largest absolute Gasteiger partial charge is 0.309 e. The van der Waals surface area contributed by atoms with Crippen molar-refractivity contribution in [3.8, 4) is 0 Å². The Morgan fingerprint density at radius 1 is 1.19 bits per heavy atom. The third-order valence-corrected chi connectivity index (χ3v) is 7.08. The Labute approximate surface area is 162 Å². The highest BCUT2D eigenvalue weighted by Crippen LogP contribution is 2.38. The molecule has 0 fully saturated rings. The number of fused-ring (bicyclic) bond motifs is 1. The third kappa shape index (κ3) is 3.38. The van der Waals surface area contributed by atoms with Crippen LogP contribution in [0.1, 0.15) is 30.5 Å². The van der Waals surface area contributed by atoms with Gasteiger partial charge in [-0.25, -0.2) is 8.42 Å². The van der Waals surface area contributed by atoms with Crippen molar-refractivity contribution in [3.63, 3.8) is 0 Å². The predicted octanol–water partition coefficient (Wildman–Crippen LogP) is 4.16. The SMILES string of the molecule is CC(=O)N1c2cc(S(=O)(=O)Nc3ccc(C)c(C)c3)c(Br)cc2C[C@H]1C. The molecule has 7 heteroatoms. The monoisotopic (exact) mass is 436 g/mol. The van der Waals surface area contributed by atoms with Crippen LogP contribution in [0.3, 0.4) is 0 Å². The summed E-state index contributed by atoms with van der Waals surface area (Å²) < 4.78 is 29.0. The Balaban J connectivity index is 2.03. The van der Waals surface area contributed by atoms with E-state index in [1.807, 2.05) is 26.8 Å². The van der Waals surface area contributed by atoms with Crippen LogP contribution in [-0.4, -0.2) is 20.4 Å². The molecular weight excluding hydrogens is 416 g/mol. The lowest BCUT2D eigenvalue weighted by Gasteiger charge is -2.21. The molecule has 138 valence electrons. The Hall–Kier alpha value is -1.86. The number of nitrogens with zero attached hydrogens (tertiary/aromatic N) is 1. The summed E-state index contributed by atoms with van der Waals surface area (Å²) in [4.78, 5) is 13.7. The second-order valence-corrected chi connectivity index (χ2v) is 9.26. The summed E-state index contributed by atoms with van der Waals surface area (Å²) in [5.74, 6) is -0.0935. The number of benzene rings is 2. The van der Waals surface area contributed by atoms with Gasteiger partial charge in [0.05, 0.1) is 0 Å². The molecule has 2 aromatic carbocycles. The highest BCUT2D eigenvalue weighted by molar-refractivity contribution is 9.10. The lowest BCUT2D eigenvalue weighted by atomic mass is 10.1. The van der Waals surface area contributed by atoms with Gasteiger partial charge in [-0.15, -0.1) is 0 Å². The highest BCUT2D eigenvalue weighted by Gasteiger charge is 2.32. The minimum absolute atomic E-state index is 0.0139. The summed E-state index contributed by atoms with van der Waals surface area (Å²) in [6.45, 7) is 7.36. The quantitative estimate of drug-likeness (QED) is 0.784. The first-order chi connectivity index (χ1) is 12.1. The van der Waals surface area contributed by atoms with E-state index in [4.69, 9.17) is 0 Å². The Kier molecular flexibility index (Phi) is 4.88. The number of anilines is 2. The molecule has 0 aromatic heterocycles. The van der Waals surface area contributed by atoms with Gasteiger partial charge in [0.15, 0.2) is 0 Å². The number of amides is 1. The van der Waals surface area contributed by atoms with Crippen molar-refractivity contribution in [1.29, 1.82) is 0 Å². The van der Waals surface area contributed by atoms with Crippen LogP contribution < -0.4 is 9.62 Å². The summed E-state index contributed by atoms with van der Waals surface area (Å²) >= 11 is 3.38. The van der Waals surface area contributed by atoms with E-state index in [2.05, 4.69) is 20.7 Å². The molecule has 3 rings (SSSR count). The van der Waals surface area contributed by atoms with E-state index in [1.54, 1.807) is 29.2 Å². The van der Waals surface area contributed by atoms with Crippen molar-refractivity contribution in [2.45, 2.75) is 45.1 Å². The maximum absolute atomic E-state index is 12.9. The molecule has 0 spiro atoms. The molecule has 0 radical (unpaired) electrons. The lowest BCUT2D eigenvalue weighted by molar-refractivity contribution is -0.116. The fourth-order valence-corrected chi connectivity index (χ4v) is 5.48. The molecule has 5 nitrogen and oxygen atoms in total. The van der Waals surface area contributed by atoms with Crippen molar-refractivity contribution in [3.05, 3.63) is 51.5 Å². The Morgan fingerprint density at radius 2 is 1.88 bits per heavy atom. The molecular formula is C19H21BrN2O3S. The van der Waals surface area contributed by atoms with E-state index in [0.717, 1.165) is 16.7 Å². The molecule has 1 aliphatic heterocycles. The first-order valence-electron chi connectivity index (χ1n) is 8.32. The Bertz CT molecular complexity index is 1000. The molecule has 0 bridgehead atoms. The van der Waals surface area contributed by atoms with Crippen LogP contribution in [0.2, 0.25) is 0 Å². The van der Waals surface area contributed by atoms with Gasteiger partial charge in [0.2, 0.25) is 5.91 Å². The molecule has 0 unspecified atom stereocenters. The van der Waals surface area contributed by atoms with Crippen LogP contribution in [0.15, 0.2) is 39.7 Å². The van der Waals surface area contributed by atoms with Gasteiger partial charge in [-0.05, 0) is 84.1 Å². The number of hydrogen-bond acceptors (Lipinski definition) is 3. The highest BCUT2D eigenvalue weighted by atomic mass is 79.9. The number of nitrogens with one attached hydrogen (secondary N) is 1. The topological polar surface area (TPSA) is 66.5 Å². The summed E-state index contributed by atoms with van der Waals surface area (Å²) in [6, 6.07) is 8.81. The Morgan fingerprint density at radius 3 is 2.50 bits per heavy atom. The van der Waals surface area contributed by atoms with Crippen LogP contribution >= 0.6 is 15.9 Å². The minimum atomic E-state index is -3.80. The normalized spacial score (nSPS) is 16.5. The van der Waals surface area contributed by atoms with Crippen LogP contribution in [0.5, 0.6) is 0 Å². The van der Waals surface area contributed by atoms with Crippen LogP contribution in [-0.2, 0) is 21.2 Å². The van der Waals surface area contributed by atoms with Gasteiger partial charge < -0.3 is 4.90 Å². The number of carbonyl (C=O) groups is 1. The van der Waals surface area contributed by atoms with E-state index in [9.17, 15) is 13.2 Å². The number of sulfonamides is 1. The molecule has 26 heavy (non-hydrogen) atoms. The van der Waals surface area contributed by atoms with Crippen molar-refractivity contribution >= 4 is 43.2 Å². The molecule has 2 aromatic rings. The molecule has 1 heterocycles. The summed E-state index contributed by atoms with van der Waals surface area (Å²) in [5.41, 5.74) is 4.24. The molecule has 1 amide bonds. The van der Waals surface area contributed by atoms with Crippen molar-refractivity contribution in [2.75, 3.05) is 9.62 Å². The number of halogens is 1. The average molecular weight is 437 g/mol. The average Bonchev–Trinajstić information content (AvgIpc) is 2.84. The maximum atomic E-state index is 12.9. The zero-order valence-electron chi connectivity index (χ0n) is 15.1. The fourth-order valence-electron chi connectivity index (χ4n) is 3.32. The van der Waals surface area contributed by atoms with Gasteiger partial charge in [-0.2, -0.15) is 0 Å². The lowest BCUT2D eigenvalue weighted by Crippen LogP contribution is -2.33. The van der Waals surface area contributed by atoms with E-state index >= 15 is 0 Å². The van der Waals surface area contributed by atoms with Crippen LogP contribution in [0.4, 0.5) is 11.4 Å². The number of rotatable bonds is 3. The standard InChI is InChI=1S/C19H21BrN2O3S/c1-11-5-6-16(7-12(11)2)21-26(24,25)19-10-18-15(9-17(19)20)8-13(3)22(18)14(4)23/h5-7,9-10,13,21H,8H2,1-4H3/t13-/m1/s1. The van der Waals surface area contributed by atoms with Gasteiger partial charge in [0, 0.05) is 28.8 Å². The summed E-state index contributed by atoms with van der Waals surface area (Å²) in [5, 5.41) is 0. The van der Waals surface area contributed by atoms with E-state index in [1.165, 1.54) is 6.92 Å². The third-order valence-electron chi connectivity index (χ3n) is 4.74. The van der Waals surface area contributed by atoms with Crippen LogP contribution in [0.25, 0.3) is 0 Å². The number of carbonyl (C=O) groups excluding carboxylic acids is 1. The van der Waals surface area contributed by atoms with E-state index in [-0.39, 0.29) is 16.8 Å². The zero-order chi connectivity index (χ0) is 19.2. The zero-order valence-corrected chi connectivity index (χ0v) is 17.5. The molecule has 1 atom stereocenters. The van der Waals surface area contributed by atoms with Gasteiger partial charge in [-0.3, -0.25) is 9.52 Å². The number of hydrogen-bond donors (Lipinski definition) is 1. The first-order valence-corrected chi connectivity index (χ1v) is 10.6. The predicted molar refractivity (Wildman–Crippen MR) is 107 cm³/mol. The van der Waals surface area contributed by atoms with Gasteiger partial charge in [0.25, 0.3) is 10.0 Å². The van der Waals surface area contributed by atoms with E-state index in [0.29, 0.717) is 22.3 Å². The van der Waals surface area contributed by atoms with Crippen LogP contribution in [0, 0.1) is 13.8 Å². The van der Waals surface area contributed by atoms with E-state index < -0.39 is 10.0 Å².